The smallest absolute Gasteiger partial charge is 0.122 e. The Morgan fingerprint density at radius 2 is 2.11 bits per heavy atom. The van der Waals surface area contributed by atoms with E-state index in [1.807, 2.05) is 0 Å². The Labute approximate surface area is 110 Å². The fraction of sp³-hybridized carbons (Fsp3) is 0.625. The van der Waals surface area contributed by atoms with Crippen molar-refractivity contribution in [3.8, 4) is 5.75 Å². The van der Waals surface area contributed by atoms with Gasteiger partial charge in [-0.05, 0) is 43.0 Å². The molecule has 1 aromatic rings. The van der Waals surface area contributed by atoms with Gasteiger partial charge in [-0.15, -0.1) is 0 Å². The van der Waals surface area contributed by atoms with Crippen LogP contribution in [0.4, 0.5) is 0 Å². The van der Waals surface area contributed by atoms with Gasteiger partial charge in [0.15, 0.2) is 0 Å². The van der Waals surface area contributed by atoms with Crippen molar-refractivity contribution in [3.63, 3.8) is 0 Å². The summed E-state index contributed by atoms with van der Waals surface area (Å²) in [6.45, 7) is 5.32. The lowest BCUT2D eigenvalue weighted by atomic mass is 9.90. The molecule has 0 amide bonds. The summed E-state index contributed by atoms with van der Waals surface area (Å²) in [7, 11) is 0. The van der Waals surface area contributed by atoms with E-state index in [0.29, 0.717) is 5.41 Å². The minimum absolute atomic E-state index is 0.412. The summed E-state index contributed by atoms with van der Waals surface area (Å²) in [6.07, 6.45) is 6.49. The summed E-state index contributed by atoms with van der Waals surface area (Å²) in [5.74, 6) is 1.13. The fourth-order valence-corrected chi connectivity index (χ4v) is 3.26. The van der Waals surface area contributed by atoms with Gasteiger partial charge in [0, 0.05) is 12.0 Å². The van der Waals surface area contributed by atoms with Gasteiger partial charge in [0.05, 0.1) is 6.61 Å². The number of nitrogens with one attached hydrogen (secondary N) is 1. The Hall–Kier alpha value is -1.02. The van der Waals surface area contributed by atoms with Crippen molar-refractivity contribution in [2.24, 2.45) is 5.41 Å². The van der Waals surface area contributed by atoms with Crippen molar-refractivity contribution in [1.82, 2.24) is 5.32 Å². The SMILES string of the molecule is CC1(COc2cccc3c2CCNC3)CCCC1. The third kappa shape index (κ3) is 2.39. The van der Waals surface area contributed by atoms with Crippen LogP contribution in [0.5, 0.6) is 5.75 Å². The normalized spacial score (nSPS) is 21.6. The first-order chi connectivity index (χ1) is 8.77. The van der Waals surface area contributed by atoms with Gasteiger partial charge in [0.1, 0.15) is 5.75 Å². The van der Waals surface area contributed by atoms with Crippen molar-refractivity contribution in [1.29, 1.82) is 0 Å². The highest BCUT2D eigenvalue weighted by Crippen LogP contribution is 2.38. The quantitative estimate of drug-likeness (QED) is 0.882. The predicted molar refractivity (Wildman–Crippen MR) is 73.9 cm³/mol. The lowest BCUT2D eigenvalue weighted by molar-refractivity contribution is 0.166. The number of hydrogen-bond acceptors (Lipinski definition) is 2. The van der Waals surface area contributed by atoms with Gasteiger partial charge in [0.2, 0.25) is 0 Å². The van der Waals surface area contributed by atoms with Crippen molar-refractivity contribution >= 4 is 0 Å². The van der Waals surface area contributed by atoms with Crippen molar-refractivity contribution in [2.75, 3.05) is 13.2 Å². The zero-order valence-corrected chi connectivity index (χ0v) is 11.3. The van der Waals surface area contributed by atoms with Gasteiger partial charge in [-0.2, -0.15) is 0 Å². The molecule has 1 aliphatic carbocycles. The van der Waals surface area contributed by atoms with Gasteiger partial charge in [0.25, 0.3) is 0 Å². The average Bonchev–Trinajstić information content (AvgIpc) is 2.84. The summed E-state index contributed by atoms with van der Waals surface area (Å²) >= 11 is 0. The van der Waals surface area contributed by atoms with Crippen LogP contribution in [0.15, 0.2) is 18.2 Å². The molecule has 0 unspecified atom stereocenters. The van der Waals surface area contributed by atoms with E-state index in [4.69, 9.17) is 4.74 Å². The molecular weight excluding hydrogens is 222 g/mol. The fourth-order valence-electron chi connectivity index (χ4n) is 3.26. The molecule has 3 rings (SSSR count). The highest BCUT2D eigenvalue weighted by molar-refractivity contribution is 5.41. The van der Waals surface area contributed by atoms with Crippen LogP contribution in [0, 0.1) is 5.41 Å². The first kappa shape index (κ1) is 12.0. The Kier molecular flexibility index (Phi) is 3.29. The van der Waals surface area contributed by atoms with Crippen LogP contribution in [0.25, 0.3) is 0 Å². The molecule has 0 atom stereocenters. The van der Waals surface area contributed by atoms with E-state index < -0.39 is 0 Å². The standard InChI is InChI=1S/C16H23NO/c1-16(8-2-3-9-16)12-18-15-6-4-5-13-11-17-10-7-14(13)15/h4-6,17H,2-3,7-12H2,1H3. The molecule has 2 aliphatic rings. The first-order valence-corrected chi connectivity index (χ1v) is 7.21. The van der Waals surface area contributed by atoms with Gasteiger partial charge in [-0.25, -0.2) is 0 Å². The summed E-state index contributed by atoms with van der Waals surface area (Å²) in [6, 6.07) is 6.48. The molecule has 18 heavy (non-hydrogen) atoms. The highest BCUT2D eigenvalue weighted by atomic mass is 16.5. The number of fused-ring (bicyclic) bond motifs is 1. The molecule has 2 nitrogen and oxygen atoms in total. The summed E-state index contributed by atoms with van der Waals surface area (Å²) in [5, 5.41) is 3.42. The molecule has 2 heteroatoms. The number of hydrogen-bond donors (Lipinski definition) is 1. The van der Waals surface area contributed by atoms with E-state index in [1.165, 1.54) is 36.8 Å². The van der Waals surface area contributed by atoms with Crippen molar-refractivity contribution in [2.45, 2.75) is 45.6 Å². The Morgan fingerprint density at radius 3 is 2.94 bits per heavy atom. The zero-order valence-electron chi connectivity index (χ0n) is 11.3. The molecule has 1 aliphatic heterocycles. The molecule has 0 spiro atoms. The monoisotopic (exact) mass is 245 g/mol. The molecule has 1 fully saturated rings. The molecular formula is C16H23NO. The van der Waals surface area contributed by atoms with E-state index in [9.17, 15) is 0 Å². The van der Waals surface area contributed by atoms with E-state index in [-0.39, 0.29) is 0 Å². The first-order valence-electron chi connectivity index (χ1n) is 7.21. The lowest BCUT2D eigenvalue weighted by Gasteiger charge is -2.26. The largest absolute Gasteiger partial charge is 0.493 e. The summed E-state index contributed by atoms with van der Waals surface area (Å²) < 4.78 is 6.16. The van der Waals surface area contributed by atoms with Crippen LogP contribution >= 0.6 is 0 Å². The second-order valence-corrected chi connectivity index (χ2v) is 6.13. The zero-order chi connectivity index (χ0) is 12.4. The molecule has 98 valence electrons. The van der Waals surface area contributed by atoms with E-state index in [1.54, 1.807) is 0 Å². The van der Waals surface area contributed by atoms with Crippen molar-refractivity contribution < 1.29 is 4.74 Å². The molecule has 1 N–H and O–H groups in total. The highest BCUT2D eigenvalue weighted by Gasteiger charge is 2.29. The molecule has 0 aromatic heterocycles. The van der Waals surface area contributed by atoms with Crippen LogP contribution in [-0.4, -0.2) is 13.2 Å². The van der Waals surface area contributed by atoms with Crippen LogP contribution in [0.1, 0.15) is 43.7 Å². The van der Waals surface area contributed by atoms with E-state index in [0.717, 1.165) is 31.9 Å². The maximum absolute atomic E-state index is 6.16. The molecule has 1 heterocycles. The van der Waals surface area contributed by atoms with E-state index >= 15 is 0 Å². The van der Waals surface area contributed by atoms with Crippen LogP contribution in [-0.2, 0) is 13.0 Å². The van der Waals surface area contributed by atoms with Crippen LogP contribution in [0.2, 0.25) is 0 Å². The van der Waals surface area contributed by atoms with E-state index in [2.05, 4.69) is 30.4 Å². The number of ether oxygens (including phenoxy) is 1. The van der Waals surface area contributed by atoms with Gasteiger partial charge in [-0.1, -0.05) is 31.9 Å². The maximum atomic E-state index is 6.16. The average molecular weight is 245 g/mol. The van der Waals surface area contributed by atoms with Gasteiger partial charge in [-0.3, -0.25) is 0 Å². The second-order valence-electron chi connectivity index (χ2n) is 6.13. The van der Waals surface area contributed by atoms with Crippen LogP contribution < -0.4 is 10.1 Å². The minimum atomic E-state index is 0.412. The maximum Gasteiger partial charge on any atom is 0.122 e. The Bertz CT molecular complexity index is 421. The van der Waals surface area contributed by atoms with Gasteiger partial charge >= 0.3 is 0 Å². The van der Waals surface area contributed by atoms with Gasteiger partial charge < -0.3 is 10.1 Å². The Balaban J connectivity index is 1.72. The molecule has 1 saturated carbocycles. The minimum Gasteiger partial charge on any atom is -0.493 e. The number of rotatable bonds is 3. The summed E-state index contributed by atoms with van der Waals surface area (Å²) in [4.78, 5) is 0. The number of benzene rings is 1. The molecule has 0 bridgehead atoms. The second kappa shape index (κ2) is 4.93. The van der Waals surface area contributed by atoms with Crippen LogP contribution in [0.3, 0.4) is 0 Å². The molecule has 1 aromatic carbocycles. The molecule has 0 saturated heterocycles. The molecule has 0 radical (unpaired) electrons. The lowest BCUT2D eigenvalue weighted by Crippen LogP contribution is -2.25. The third-order valence-corrected chi connectivity index (χ3v) is 4.48. The van der Waals surface area contributed by atoms with Crippen molar-refractivity contribution in [3.05, 3.63) is 29.3 Å². The predicted octanol–water partition coefficient (Wildman–Crippen LogP) is 3.29. The third-order valence-electron chi connectivity index (χ3n) is 4.48. The topological polar surface area (TPSA) is 21.3 Å². The summed E-state index contributed by atoms with van der Waals surface area (Å²) in [5.41, 5.74) is 3.25. The Morgan fingerprint density at radius 1 is 1.28 bits per heavy atom.